The first-order valence-electron chi connectivity index (χ1n) is 10.0. The van der Waals surface area contributed by atoms with Gasteiger partial charge in [-0.15, -0.1) is 0 Å². The molecule has 1 aliphatic rings. The van der Waals surface area contributed by atoms with Gasteiger partial charge in [0.15, 0.2) is 5.58 Å². The lowest BCUT2D eigenvalue weighted by Crippen LogP contribution is -2.47. The molecule has 0 unspecified atom stereocenters. The van der Waals surface area contributed by atoms with Crippen LogP contribution in [0.1, 0.15) is 32.2 Å². The highest BCUT2D eigenvalue weighted by Crippen LogP contribution is 2.41. The van der Waals surface area contributed by atoms with E-state index in [-0.39, 0.29) is 11.7 Å². The summed E-state index contributed by atoms with van der Waals surface area (Å²) in [5, 5.41) is 2.31. The molecule has 5 rings (SSSR count). The van der Waals surface area contributed by atoms with Gasteiger partial charge >= 0.3 is 0 Å². The van der Waals surface area contributed by atoms with Crippen molar-refractivity contribution in [1.29, 1.82) is 0 Å². The van der Waals surface area contributed by atoms with E-state index in [1.165, 1.54) is 5.56 Å². The quantitative estimate of drug-likeness (QED) is 0.466. The number of fused-ring (bicyclic) bond motifs is 3. The van der Waals surface area contributed by atoms with E-state index in [9.17, 15) is 0 Å². The Morgan fingerprint density at radius 1 is 1.03 bits per heavy atom. The van der Waals surface area contributed by atoms with Crippen LogP contribution in [0.4, 0.5) is 5.69 Å². The molecule has 3 heterocycles. The summed E-state index contributed by atoms with van der Waals surface area (Å²) < 4.78 is 8.42. The highest BCUT2D eigenvalue weighted by atomic mass is 16.3. The molecule has 2 aromatic heterocycles. The lowest BCUT2D eigenvalue weighted by atomic mass is 10.0. The topological polar surface area (TPSA) is 37.4 Å². The SMILES string of the molecule is Cc1ccc2c(oc3ccccc32)c1N1C=CN(C(C)(C)c2nccn2C)[C@@H]1C. The Balaban J connectivity index is 1.61. The van der Waals surface area contributed by atoms with Crippen LogP contribution in [0.3, 0.4) is 0 Å². The van der Waals surface area contributed by atoms with Gasteiger partial charge in [-0.25, -0.2) is 4.98 Å². The van der Waals surface area contributed by atoms with Crippen LogP contribution in [-0.2, 0) is 12.6 Å². The van der Waals surface area contributed by atoms with Crippen LogP contribution in [-0.4, -0.2) is 20.6 Å². The molecular weight excluding hydrogens is 360 g/mol. The molecule has 5 heteroatoms. The van der Waals surface area contributed by atoms with E-state index in [0.29, 0.717) is 0 Å². The molecule has 29 heavy (non-hydrogen) atoms. The zero-order chi connectivity index (χ0) is 20.3. The molecule has 2 aromatic carbocycles. The predicted octanol–water partition coefficient (Wildman–Crippen LogP) is 5.50. The molecule has 0 aliphatic carbocycles. The monoisotopic (exact) mass is 386 g/mol. The highest BCUT2D eigenvalue weighted by molar-refractivity contribution is 6.09. The van der Waals surface area contributed by atoms with Crippen LogP contribution in [0.25, 0.3) is 21.9 Å². The highest BCUT2D eigenvalue weighted by Gasteiger charge is 2.39. The fourth-order valence-electron chi connectivity index (χ4n) is 4.71. The number of anilines is 1. The third-order valence-electron chi connectivity index (χ3n) is 6.19. The number of aryl methyl sites for hydroxylation is 2. The molecule has 0 amide bonds. The largest absolute Gasteiger partial charge is 0.454 e. The molecule has 0 saturated heterocycles. The van der Waals surface area contributed by atoms with Crippen LogP contribution in [0.2, 0.25) is 0 Å². The number of hydrogen-bond donors (Lipinski definition) is 0. The molecule has 0 fully saturated rings. The van der Waals surface area contributed by atoms with Gasteiger partial charge in [-0.2, -0.15) is 0 Å². The van der Waals surface area contributed by atoms with Crippen molar-refractivity contribution in [2.45, 2.75) is 39.4 Å². The summed E-state index contributed by atoms with van der Waals surface area (Å²) in [5.74, 6) is 1.04. The van der Waals surface area contributed by atoms with Crippen molar-refractivity contribution in [3.05, 3.63) is 72.6 Å². The minimum atomic E-state index is -0.251. The van der Waals surface area contributed by atoms with Gasteiger partial charge < -0.3 is 18.8 Å². The minimum Gasteiger partial charge on any atom is -0.454 e. The maximum atomic E-state index is 6.33. The molecule has 0 N–H and O–H groups in total. The Kier molecular flexibility index (Phi) is 3.78. The number of imidazole rings is 1. The number of para-hydroxylation sites is 1. The minimum absolute atomic E-state index is 0.124. The second-order valence-corrected chi connectivity index (χ2v) is 8.37. The second kappa shape index (κ2) is 6.14. The maximum Gasteiger partial charge on any atom is 0.159 e. The average Bonchev–Trinajstić information content (AvgIpc) is 3.39. The number of rotatable bonds is 3. The van der Waals surface area contributed by atoms with Crippen molar-refractivity contribution in [2.24, 2.45) is 7.05 Å². The van der Waals surface area contributed by atoms with Crippen molar-refractivity contribution in [1.82, 2.24) is 14.5 Å². The van der Waals surface area contributed by atoms with Crippen molar-refractivity contribution in [3.63, 3.8) is 0 Å². The van der Waals surface area contributed by atoms with E-state index in [2.05, 4.69) is 83.7 Å². The van der Waals surface area contributed by atoms with Crippen molar-refractivity contribution in [2.75, 3.05) is 4.90 Å². The van der Waals surface area contributed by atoms with Gasteiger partial charge in [-0.1, -0.05) is 30.3 Å². The molecule has 148 valence electrons. The van der Waals surface area contributed by atoms with Gasteiger partial charge in [0.25, 0.3) is 0 Å². The standard InChI is InChI=1S/C24H26N4O/c1-16-10-11-19-18-8-6-7-9-20(18)29-22(19)21(16)27-14-15-28(17(27)2)24(3,4)23-25-12-13-26(23)5/h6-15,17H,1-5H3/t17-/m1/s1. The van der Waals surface area contributed by atoms with Gasteiger partial charge in [0.1, 0.15) is 17.6 Å². The van der Waals surface area contributed by atoms with E-state index >= 15 is 0 Å². The Hall–Kier alpha value is -3.21. The number of hydrogen-bond acceptors (Lipinski definition) is 4. The fourth-order valence-corrected chi connectivity index (χ4v) is 4.71. The van der Waals surface area contributed by atoms with E-state index in [1.807, 2.05) is 31.6 Å². The molecular formula is C24H26N4O. The van der Waals surface area contributed by atoms with Gasteiger partial charge in [-0.05, 0) is 39.3 Å². The lowest BCUT2D eigenvalue weighted by molar-refractivity contribution is 0.140. The van der Waals surface area contributed by atoms with Crippen molar-refractivity contribution < 1.29 is 4.42 Å². The van der Waals surface area contributed by atoms with E-state index in [0.717, 1.165) is 33.5 Å². The van der Waals surface area contributed by atoms with E-state index in [4.69, 9.17) is 4.42 Å². The fraction of sp³-hybridized carbons (Fsp3) is 0.292. The summed E-state index contributed by atoms with van der Waals surface area (Å²) in [5.41, 5.74) is 3.94. The Morgan fingerprint density at radius 2 is 1.83 bits per heavy atom. The molecule has 5 nitrogen and oxygen atoms in total. The number of aromatic nitrogens is 2. The Labute approximate surface area is 170 Å². The molecule has 1 aliphatic heterocycles. The maximum absolute atomic E-state index is 6.33. The van der Waals surface area contributed by atoms with Crippen LogP contribution in [0.5, 0.6) is 0 Å². The average molecular weight is 386 g/mol. The van der Waals surface area contributed by atoms with Crippen molar-refractivity contribution in [3.8, 4) is 0 Å². The smallest absolute Gasteiger partial charge is 0.159 e. The normalized spacial score (nSPS) is 17.2. The van der Waals surface area contributed by atoms with Crippen LogP contribution < -0.4 is 4.90 Å². The van der Waals surface area contributed by atoms with Crippen molar-refractivity contribution >= 4 is 27.6 Å². The molecule has 0 saturated carbocycles. The van der Waals surface area contributed by atoms with Crippen LogP contribution in [0, 0.1) is 6.92 Å². The molecule has 4 aromatic rings. The summed E-state index contributed by atoms with van der Waals surface area (Å²) in [6.45, 7) is 8.81. The molecule has 1 atom stereocenters. The number of benzene rings is 2. The van der Waals surface area contributed by atoms with Gasteiger partial charge in [0.05, 0.1) is 11.2 Å². The van der Waals surface area contributed by atoms with Crippen LogP contribution in [0.15, 0.2) is 65.6 Å². The lowest BCUT2D eigenvalue weighted by Gasteiger charge is -2.41. The summed E-state index contributed by atoms with van der Waals surface area (Å²) >= 11 is 0. The summed E-state index contributed by atoms with van der Waals surface area (Å²) in [6.07, 6.45) is 8.31. The number of furan rings is 1. The van der Waals surface area contributed by atoms with E-state index in [1.54, 1.807) is 0 Å². The first-order chi connectivity index (χ1) is 13.9. The van der Waals surface area contributed by atoms with Crippen LogP contribution >= 0.6 is 0 Å². The van der Waals surface area contributed by atoms with Gasteiger partial charge in [0, 0.05) is 42.6 Å². The first kappa shape index (κ1) is 17.9. The zero-order valence-corrected chi connectivity index (χ0v) is 17.5. The number of nitrogens with zero attached hydrogens (tertiary/aromatic N) is 4. The molecule has 0 bridgehead atoms. The second-order valence-electron chi connectivity index (χ2n) is 8.37. The zero-order valence-electron chi connectivity index (χ0n) is 17.5. The Bertz CT molecular complexity index is 1250. The summed E-state index contributed by atoms with van der Waals surface area (Å²) in [7, 11) is 2.05. The molecule has 0 spiro atoms. The predicted molar refractivity (Wildman–Crippen MR) is 118 cm³/mol. The van der Waals surface area contributed by atoms with Gasteiger partial charge in [0.2, 0.25) is 0 Å². The Morgan fingerprint density at radius 3 is 2.59 bits per heavy atom. The molecule has 0 radical (unpaired) electrons. The first-order valence-corrected chi connectivity index (χ1v) is 10.0. The summed E-state index contributed by atoms with van der Waals surface area (Å²) in [6, 6.07) is 12.6. The van der Waals surface area contributed by atoms with E-state index < -0.39 is 0 Å². The third-order valence-corrected chi connectivity index (χ3v) is 6.19. The van der Waals surface area contributed by atoms with Gasteiger partial charge in [-0.3, -0.25) is 0 Å². The summed E-state index contributed by atoms with van der Waals surface area (Å²) in [4.78, 5) is 9.28. The third kappa shape index (κ3) is 2.50.